The maximum Gasteiger partial charge on any atom is 0.293 e. The zero-order chi connectivity index (χ0) is 17.9. The van der Waals surface area contributed by atoms with Gasteiger partial charge in [-0.1, -0.05) is 13.8 Å². The number of piperazine rings is 1. The molecule has 0 unspecified atom stereocenters. The van der Waals surface area contributed by atoms with Gasteiger partial charge in [-0.2, -0.15) is 4.31 Å². The number of nitro groups is 1. The molecule has 0 radical (unpaired) electrons. The summed E-state index contributed by atoms with van der Waals surface area (Å²) in [6.07, 6.45) is 0. The Hall–Kier alpha value is -1.71. The topological polar surface area (TPSA) is 97.0 Å². The lowest BCUT2D eigenvalue weighted by molar-refractivity contribution is -0.883. The van der Waals surface area contributed by atoms with Gasteiger partial charge in [-0.3, -0.25) is 10.1 Å². The van der Waals surface area contributed by atoms with Gasteiger partial charge in [-0.25, -0.2) is 8.42 Å². The molecule has 2 rings (SSSR count). The number of benzene rings is 1. The third kappa shape index (κ3) is 4.22. The Labute approximate surface area is 142 Å². The smallest absolute Gasteiger partial charge is 0.293 e. The van der Waals surface area contributed by atoms with Gasteiger partial charge in [-0.05, 0) is 18.1 Å². The van der Waals surface area contributed by atoms with E-state index in [0.717, 1.165) is 19.2 Å². The SMILES string of the molecule is CC(C)CNc1ccc(S(=O)(=O)N2CC[NH+](C)CC2)cc1[N+](=O)[O-]. The summed E-state index contributed by atoms with van der Waals surface area (Å²) in [5.41, 5.74) is 0.131. The van der Waals surface area contributed by atoms with Crippen LogP contribution in [-0.2, 0) is 10.0 Å². The van der Waals surface area contributed by atoms with E-state index >= 15 is 0 Å². The Bertz CT molecular complexity index is 697. The van der Waals surface area contributed by atoms with E-state index in [0.29, 0.717) is 31.2 Å². The molecule has 0 aliphatic carbocycles. The second-order valence-corrected chi connectivity index (χ2v) is 8.51. The third-order valence-corrected chi connectivity index (χ3v) is 5.98. The fourth-order valence-corrected chi connectivity index (χ4v) is 4.01. The van der Waals surface area contributed by atoms with Crippen molar-refractivity contribution in [2.45, 2.75) is 18.7 Å². The average molecular weight is 357 g/mol. The lowest BCUT2D eigenvalue weighted by atomic mass is 10.2. The number of anilines is 1. The van der Waals surface area contributed by atoms with Crippen molar-refractivity contribution in [1.82, 2.24) is 4.31 Å². The minimum atomic E-state index is -3.70. The number of hydrogen-bond acceptors (Lipinski definition) is 5. The van der Waals surface area contributed by atoms with Crippen LogP contribution in [0.2, 0.25) is 0 Å². The average Bonchev–Trinajstić information content (AvgIpc) is 2.53. The molecule has 1 aliphatic rings. The van der Waals surface area contributed by atoms with E-state index in [-0.39, 0.29) is 10.6 Å². The summed E-state index contributed by atoms with van der Waals surface area (Å²) in [6.45, 7) is 6.88. The van der Waals surface area contributed by atoms with E-state index < -0.39 is 14.9 Å². The molecule has 1 saturated heterocycles. The van der Waals surface area contributed by atoms with Crippen LogP contribution in [0.3, 0.4) is 0 Å². The highest BCUT2D eigenvalue weighted by Crippen LogP contribution is 2.29. The van der Waals surface area contributed by atoms with Crippen LogP contribution >= 0.6 is 0 Å². The number of nitrogens with zero attached hydrogens (tertiary/aromatic N) is 2. The molecular weight excluding hydrogens is 332 g/mol. The Balaban J connectivity index is 2.30. The van der Waals surface area contributed by atoms with Crippen molar-refractivity contribution in [3.05, 3.63) is 28.3 Å². The zero-order valence-corrected chi connectivity index (χ0v) is 15.1. The van der Waals surface area contributed by atoms with Crippen molar-refractivity contribution in [1.29, 1.82) is 0 Å². The third-order valence-electron chi connectivity index (χ3n) is 4.08. The first kappa shape index (κ1) is 18.6. The highest BCUT2D eigenvalue weighted by atomic mass is 32.2. The molecule has 0 saturated carbocycles. The molecule has 8 nitrogen and oxygen atoms in total. The highest BCUT2D eigenvalue weighted by molar-refractivity contribution is 7.89. The standard InChI is InChI=1S/C15H24N4O4S/c1-12(2)11-16-14-5-4-13(10-15(14)19(20)21)24(22,23)18-8-6-17(3)7-9-18/h4-5,10,12,16H,6-9,11H2,1-3H3/p+1. The second kappa shape index (κ2) is 7.45. The van der Waals surface area contributed by atoms with Crippen LogP contribution in [0.5, 0.6) is 0 Å². The highest BCUT2D eigenvalue weighted by Gasteiger charge is 2.31. The second-order valence-electron chi connectivity index (χ2n) is 6.57. The van der Waals surface area contributed by atoms with Crippen molar-refractivity contribution in [2.75, 3.05) is 45.1 Å². The summed E-state index contributed by atoms with van der Waals surface area (Å²) in [7, 11) is -1.68. The van der Waals surface area contributed by atoms with Gasteiger partial charge in [0.05, 0.1) is 43.0 Å². The van der Waals surface area contributed by atoms with Crippen molar-refractivity contribution in [3.63, 3.8) is 0 Å². The van der Waals surface area contributed by atoms with E-state index in [1.807, 2.05) is 20.9 Å². The van der Waals surface area contributed by atoms with Crippen molar-refractivity contribution < 1.29 is 18.2 Å². The summed E-state index contributed by atoms with van der Waals surface area (Å²) in [5, 5.41) is 14.3. The fraction of sp³-hybridized carbons (Fsp3) is 0.600. The number of hydrogen-bond donors (Lipinski definition) is 2. The maximum atomic E-state index is 12.7. The molecular formula is C15H25N4O4S+. The molecule has 0 bridgehead atoms. The molecule has 1 aliphatic heterocycles. The Kier molecular flexibility index (Phi) is 5.79. The first-order valence-corrected chi connectivity index (χ1v) is 9.49. The number of nitrogens with one attached hydrogen (secondary N) is 2. The number of rotatable bonds is 6. The molecule has 1 fully saturated rings. The molecule has 1 heterocycles. The van der Waals surface area contributed by atoms with E-state index in [4.69, 9.17) is 0 Å². The Morgan fingerprint density at radius 2 is 1.96 bits per heavy atom. The number of nitro benzene ring substituents is 1. The maximum absolute atomic E-state index is 12.7. The van der Waals surface area contributed by atoms with Gasteiger partial charge in [0.25, 0.3) is 5.69 Å². The Morgan fingerprint density at radius 3 is 2.50 bits per heavy atom. The predicted molar refractivity (Wildman–Crippen MR) is 91.8 cm³/mol. The lowest BCUT2D eigenvalue weighted by Crippen LogP contribution is -3.12. The molecule has 1 aromatic carbocycles. The van der Waals surface area contributed by atoms with Gasteiger partial charge < -0.3 is 10.2 Å². The minimum Gasteiger partial charge on any atom is -0.379 e. The molecule has 9 heteroatoms. The first-order valence-electron chi connectivity index (χ1n) is 8.05. The van der Waals surface area contributed by atoms with E-state index in [1.54, 1.807) is 0 Å². The molecule has 0 spiro atoms. The van der Waals surface area contributed by atoms with Gasteiger partial charge in [0.1, 0.15) is 5.69 Å². The van der Waals surface area contributed by atoms with Gasteiger partial charge in [0, 0.05) is 12.6 Å². The van der Waals surface area contributed by atoms with Gasteiger partial charge >= 0.3 is 0 Å². The van der Waals surface area contributed by atoms with E-state index in [9.17, 15) is 18.5 Å². The summed E-state index contributed by atoms with van der Waals surface area (Å²) in [6, 6.07) is 4.08. The number of quaternary nitrogens is 1. The van der Waals surface area contributed by atoms with Gasteiger partial charge in [0.15, 0.2) is 0 Å². The van der Waals surface area contributed by atoms with Crippen LogP contribution in [-0.4, -0.2) is 57.4 Å². The quantitative estimate of drug-likeness (QED) is 0.559. The monoisotopic (exact) mass is 357 g/mol. The van der Waals surface area contributed by atoms with Crippen LogP contribution in [0.25, 0.3) is 0 Å². The summed E-state index contributed by atoms with van der Waals surface area (Å²) < 4.78 is 26.8. The Morgan fingerprint density at radius 1 is 1.33 bits per heavy atom. The lowest BCUT2D eigenvalue weighted by Gasteiger charge is -2.29. The van der Waals surface area contributed by atoms with E-state index in [2.05, 4.69) is 5.32 Å². The number of sulfonamides is 1. The largest absolute Gasteiger partial charge is 0.379 e. The number of likely N-dealkylation sites (N-methyl/N-ethyl adjacent to an activating group) is 1. The minimum absolute atomic E-state index is 0.0242. The van der Waals surface area contributed by atoms with Gasteiger partial charge in [-0.15, -0.1) is 0 Å². The molecule has 24 heavy (non-hydrogen) atoms. The molecule has 134 valence electrons. The van der Waals surface area contributed by atoms with Crippen molar-refractivity contribution in [3.8, 4) is 0 Å². The van der Waals surface area contributed by atoms with Crippen LogP contribution in [0, 0.1) is 16.0 Å². The molecule has 0 amide bonds. The molecule has 0 aromatic heterocycles. The van der Waals surface area contributed by atoms with Crippen LogP contribution in [0.15, 0.2) is 23.1 Å². The van der Waals surface area contributed by atoms with Crippen molar-refractivity contribution >= 4 is 21.4 Å². The van der Waals surface area contributed by atoms with E-state index in [1.165, 1.54) is 21.3 Å². The van der Waals surface area contributed by atoms with Crippen LogP contribution < -0.4 is 10.2 Å². The summed E-state index contributed by atoms with van der Waals surface area (Å²) >= 11 is 0. The van der Waals surface area contributed by atoms with Gasteiger partial charge in [0.2, 0.25) is 10.0 Å². The normalized spacial score (nSPS) is 17.2. The zero-order valence-electron chi connectivity index (χ0n) is 14.3. The summed E-state index contributed by atoms with van der Waals surface area (Å²) in [4.78, 5) is 12.0. The van der Waals surface area contributed by atoms with Crippen molar-refractivity contribution in [2.24, 2.45) is 5.92 Å². The molecule has 1 aromatic rings. The van der Waals surface area contributed by atoms with Crippen LogP contribution in [0.4, 0.5) is 11.4 Å². The molecule has 2 N–H and O–H groups in total. The first-order chi connectivity index (χ1) is 11.2. The predicted octanol–water partition coefficient (Wildman–Crippen LogP) is 0.182. The van der Waals surface area contributed by atoms with Crippen LogP contribution in [0.1, 0.15) is 13.8 Å². The summed E-state index contributed by atoms with van der Waals surface area (Å²) in [5.74, 6) is 0.320. The fourth-order valence-electron chi connectivity index (χ4n) is 2.54. The molecule has 0 atom stereocenters.